The van der Waals surface area contributed by atoms with E-state index in [0.29, 0.717) is 19.6 Å². The van der Waals surface area contributed by atoms with Crippen LogP contribution in [0, 0.1) is 13.8 Å². The Labute approximate surface area is 114 Å². The number of Topliss-reactive ketones (excluding diaryl/α,β-unsaturated/α-hetero) is 1. The number of nitrogens with zero attached hydrogens (tertiary/aromatic N) is 1. The van der Waals surface area contributed by atoms with Gasteiger partial charge < -0.3 is 0 Å². The zero-order valence-corrected chi connectivity index (χ0v) is 12.2. The number of hydrogen-bond donors (Lipinski definition) is 0. The fraction of sp³-hybridized carbons (Fsp3) is 0.500. The summed E-state index contributed by atoms with van der Waals surface area (Å²) in [6.07, 6.45) is 0. The van der Waals surface area contributed by atoms with Gasteiger partial charge in [0.15, 0.2) is 15.6 Å². The van der Waals surface area contributed by atoms with Crippen molar-refractivity contribution in [2.45, 2.75) is 13.8 Å². The Morgan fingerprint density at radius 3 is 2.42 bits per heavy atom. The lowest BCUT2D eigenvalue weighted by molar-refractivity contribution is 0.0935. The Bertz CT molecular complexity index is 579. The Balaban J connectivity index is 2.02. The van der Waals surface area contributed by atoms with Gasteiger partial charge in [0.1, 0.15) is 0 Å². The third-order valence-electron chi connectivity index (χ3n) is 3.49. The van der Waals surface area contributed by atoms with Gasteiger partial charge in [-0.2, -0.15) is 0 Å². The molecule has 0 bridgehead atoms. The number of ketones is 1. The number of aryl methyl sites for hydroxylation is 2. The molecule has 19 heavy (non-hydrogen) atoms. The van der Waals surface area contributed by atoms with E-state index in [4.69, 9.17) is 0 Å². The maximum absolute atomic E-state index is 12.2. The molecule has 0 atom stereocenters. The highest BCUT2D eigenvalue weighted by Crippen LogP contribution is 2.13. The molecule has 0 aromatic heterocycles. The predicted octanol–water partition coefficient (Wildman–Crippen LogP) is 1.22. The molecule has 0 amide bonds. The molecule has 1 saturated heterocycles. The molecule has 0 saturated carbocycles. The highest BCUT2D eigenvalue weighted by atomic mass is 32.2. The molecule has 1 fully saturated rings. The zero-order valence-electron chi connectivity index (χ0n) is 11.3. The Kier molecular flexibility index (Phi) is 4.06. The second-order valence-electron chi connectivity index (χ2n) is 5.17. The Morgan fingerprint density at radius 1 is 1.21 bits per heavy atom. The minimum absolute atomic E-state index is 0.0665. The van der Waals surface area contributed by atoms with Crippen molar-refractivity contribution in [1.29, 1.82) is 0 Å². The van der Waals surface area contributed by atoms with Crippen molar-refractivity contribution >= 4 is 15.6 Å². The van der Waals surface area contributed by atoms with Gasteiger partial charge in [-0.3, -0.25) is 9.69 Å². The summed E-state index contributed by atoms with van der Waals surface area (Å²) in [6.45, 7) is 5.15. The van der Waals surface area contributed by atoms with E-state index in [1.54, 1.807) is 0 Å². The van der Waals surface area contributed by atoms with Crippen molar-refractivity contribution in [3.05, 3.63) is 34.9 Å². The molecule has 2 rings (SSSR count). The highest BCUT2D eigenvalue weighted by Gasteiger charge is 2.23. The third kappa shape index (κ3) is 3.64. The molecule has 1 heterocycles. The largest absolute Gasteiger partial charge is 0.294 e. The number of hydrogen-bond acceptors (Lipinski definition) is 4. The highest BCUT2D eigenvalue weighted by molar-refractivity contribution is 7.91. The van der Waals surface area contributed by atoms with Crippen molar-refractivity contribution in [2.24, 2.45) is 0 Å². The SMILES string of the molecule is Cc1ccc(C(=O)CN2CCS(=O)(=O)CC2)c(C)c1. The van der Waals surface area contributed by atoms with Gasteiger partial charge in [-0.25, -0.2) is 8.42 Å². The molecule has 5 heteroatoms. The van der Waals surface area contributed by atoms with Gasteiger partial charge in [0, 0.05) is 18.7 Å². The van der Waals surface area contributed by atoms with Crippen LogP contribution in [0.5, 0.6) is 0 Å². The maximum atomic E-state index is 12.2. The summed E-state index contributed by atoms with van der Waals surface area (Å²) in [5.41, 5.74) is 2.85. The predicted molar refractivity (Wildman–Crippen MR) is 75.3 cm³/mol. The summed E-state index contributed by atoms with van der Waals surface area (Å²) < 4.78 is 22.7. The first-order valence-corrected chi connectivity index (χ1v) is 8.23. The van der Waals surface area contributed by atoms with Crippen LogP contribution in [-0.2, 0) is 9.84 Å². The molecule has 104 valence electrons. The Morgan fingerprint density at radius 2 is 1.84 bits per heavy atom. The standard InChI is InChI=1S/C14H19NO3S/c1-11-3-4-13(12(2)9-11)14(16)10-15-5-7-19(17,18)8-6-15/h3-4,9H,5-8,10H2,1-2H3. The second-order valence-corrected chi connectivity index (χ2v) is 7.47. The lowest BCUT2D eigenvalue weighted by atomic mass is 10.0. The lowest BCUT2D eigenvalue weighted by Crippen LogP contribution is -2.42. The summed E-state index contributed by atoms with van der Waals surface area (Å²) in [7, 11) is -2.88. The molecule has 0 unspecified atom stereocenters. The van der Waals surface area contributed by atoms with E-state index < -0.39 is 9.84 Å². The van der Waals surface area contributed by atoms with E-state index in [9.17, 15) is 13.2 Å². The van der Waals surface area contributed by atoms with E-state index in [-0.39, 0.29) is 17.3 Å². The number of carbonyl (C=O) groups is 1. The van der Waals surface area contributed by atoms with Crippen molar-refractivity contribution in [1.82, 2.24) is 4.90 Å². The van der Waals surface area contributed by atoms with Crippen molar-refractivity contribution < 1.29 is 13.2 Å². The first-order valence-electron chi connectivity index (χ1n) is 6.41. The second kappa shape index (κ2) is 5.43. The number of rotatable bonds is 3. The molecule has 0 N–H and O–H groups in total. The van der Waals surface area contributed by atoms with Crippen LogP contribution < -0.4 is 0 Å². The topological polar surface area (TPSA) is 54.5 Å². The normalized spacial score (nSPS) is 19.3. The molecule has 4 nitrogen and oxygen atoms in total. The van der Waals surface area contributed by atoms with Gasteiger partial charge in [-0.05, 0) is 19.4 Å². The summed E-state index contributed by atoms with van der Waals surface area (Å²) in [6, 6.07) is 5.78. The monoisotopic (exact) mass is 281 g/mol. The number of sulfone groups is 1. The molecule has 0 spiro atoms. The summed E-state index contributed by atoms with van der Waals surface area (Å²) >= 11 is 0. The molecule has 1 aliphatic rings. The van der Waals surface area contributed by atoms with Gasteiger partial charge in [0.2, 0.25) is 0 Å². The molecule has 1 aromatic rings. The minimum atomic E-state index is -2.88. The average Bonchev–Trinajstić information content (AvgIpc) is 2.31. The zero-order chi connectivity index (χ0) is 14.0. The van der Waals surface area contributed by atoms with E-state index >= 15 is 0 Å². The molecule has 1 aliphatic heterocycles. The van der Waals surface area contributed by atoms with Crippen LogP contribution in [-0.4, -0.2) is 50.2 Å². The Hall–Kier alpha value is -1.20. The van der Waals surface area contributed by atoms with Crippen molar-refractivity contribution in [3.8, 4) is 0 Å². The third-order valence-corrected chi connectivity index (χ3v) is 5.10. The van der Waals surface area contributed by atoms with Crippen LogP contribution in [0.15, 0.2) is 18.2 Å². The lowest BCUT2D eigenvalue weighted by Gasteiger charge is -2.25. The van der Waals surface area contributed by atoms with Crippen molar-refractivity contribution in [2.75, 3.05) is 31.1 Å². The van der Waals surface area contributed by atoms with Gasteiger partial charge in [-0.1, -0.05) is 23.8 Å². The van der Waals surface area contributed by atoms with E-state index in [0.717, 1.165) is 16.7 Å². The molecule has 0 aliphatic carbocycles. The number of carbonyl (C=O) groups excluding carboxylic acids is 1. The van der Waals surface area contributed by atoms with E-state index in [1.807, 2.05) is 36.9 Å². The van der Waals surface area contributed by atoms with E-state index in [1.165, 1.54) is 0 Å². The number of benzene rings is 1. The van der Waals surface area contributed by atoms with Gasteiger partial charge >= 0.3 is 0 Å². The fourth-order valence-corrected chi connectivity index (χ4v) is 3.60. The minimum Gasteiger partial charge on any atom is -0.294 e. The van der Waals surface area contributed by atoms with Crippen LogP contribution in [0.4, 0.5) is 0 Å². The molecule has 0 radical (unpaired) electrons. The fourth-order valence-electron chi connectivity index (χ4n) is 2.32. The summed E-state index contributed by atoms with van der Waals surface area (Å²) in [4.78, 5) is 14.1. The van der Waals surface area contributed by atoms with Gasteiger partial charge in [0.05, 0.1) is 18.1 Å². The van der Waals surface area contributed by atoms with Gasteiger partial charge in [0.25, 0.3) is 0 Å². The van der Waals surface area contributed by atoms with E-state index in [2.05, 4.69) is 0 Å². The molecular formula is C14H19NO3S. The smallest absolute Gasteiger partial charge is 0.177 e. The van der Waals surface area contributed by atoms with Crippen LogP contribution in [0.2, 0.25) is 0 Å². The van der Waals surface area contributed by atoms with Gasteiger partial charge in [-0.15, -0.1) is 0 Å². The first-order chi connectivity index (χ1) is 8.87. The first kappa shape index (κ1) is 14.2. The maximum Gasteiger partial charge on any atom is 0.177 e. The van der Waals surface area contributed by atoms with Crippen LogP contribution >= 0.6 is 0 Å². The van der Waals surface area contributed by atoms with Crippen LogP contribution in [0.1, 0.15) is 21.5 Å². The van der Waals surface area contributed by atoms with Crippen LogP contribution in [0.3, 0.4) is 0 Å². The summed E-state index contributed by atoms with van der Waals surface area (Å²) in [5.74, 6) is 0.386. The molecular weight excluding hydrogens is 262 g/mol. The average molecular weight is 281 g/mol. The van der Waals surface area contributed by atoms with Crippen molar-refractivity contribution in [3.63, 3.8) is 0 Å². The summed E-state index contributed by atoms with van der Waals surface area (Å²) in [5, 5.41) is 0. The van der Waals surface area contributed by atoms with Crippen LogP contribution in [0.25, 0.3) is 0 Å². The molecule has 1 aromatic carbocycles. The quantitative estimate of drug-likeness (QED) is 0.782.